The van der Waals surface area contributed by atoms with Crippen LogP contribution in [0.1, 0.15) is 5.56 Å². The molecule has 102 valence electrons. The van der Waals surface area contributed by atoms with E-state index in [1.807, 2.05) is 46.7 Å². The topological polar surface area (TPSA) is 61.4 Å². The van der Waals surface area contributed by atoms with Crippen molar-refractivity contribution in [2.24, 2.45) is 0 Å². The van der Waals surface area contributed by atoms with Crippen molar-refractivity contribution in [3.8, 4) is 11.6 Å². The SMILES string of the molecule is Cc1ccc2nc(-n3ccnc3)c(-n3ccnc3)nc2c1. The molecule has 6 heteroatoms. The highest BCUT2D eigenvalue weighted by atomic mass is 15.2. The lowest BCUT2D eigenvalue weighted by Crippen LogP contribution is -2.06. The molecule has 3 aromatic heterocycles. The molecule has 0 aliphatic rings. The second kappa shape index (κ2) is 4.52. The van der Waals surface area contributed by atoms with Crippen molar-refractivity contribution in [3.05, 3.63) is 61.2 Å². The molecule has 6 nitrogen and oxygen atoms in total. The zero-order valence-electron chi connectivity index (χ0n) is 11.4. The quantitative estimate of drug-likeness (QED) is 0.563. The van der Waals surface area contributed by atoms with E-state index in [-0.39, 0.29) is 0 Å². The number of fused-ring (bicyclic) bond motifs is 1. The van der Waals surface area contributed by atoms with E-state index < -0.39 is 0 Å². The van der Waals surface area contributed by atoms with Crippen LogP contribution in [0.25, 0.3) is 22.7 Å². The van der Waals surface area contributed by atoms with Gasteiger partial charge in [-0.3, -0.25) is 9.13 Å². The molecule has 0 bridgehead atoms. The lowest BCUT2D eigenvalue weighted by Gasteiger charge is -2.10. The van der Waals surface area contributed by atoms with Gasteiger partial charge in [0.1, 0.15) is 12.7 Å². The van der Waals surface area contributed by atoms with Gasteiger partial charge in [0, 0.05) is 24.8 Å². The Labute approximate surface area is 120 Å². The van der Waals surface area contributed by atoms with Gasteiger partial charge >= 0.3 is 0 Å². The lowest BCUT2D eigenvalue weighted by atomic mass is 10.2. The average molecular weight is 276 g/mol. The van der Waals surface area contributed by atoms with Crippen molar-refractivity contribution >= 4 is 11.0 Å². The third-order valence-electron chi connectivity index (χ3n) is 3.28. The maximum Gasteiger partial charge on any atom is 0.182 e. The monoisotopic (exact) mass is 276 g/mol. The van der Waals surface area contributed by atoms with Gasteiger partial charge in [-0.15, -0.1) is 0 Å². The summed E-state index contributed by atoms with van der Waals surface area (Å²) in [5.41, 5.74) is 2.87. The molecule has 4 aromatic rings. The first-order valence-electron chi connectivity index (χ1n) is 6.56. The summed E-state index contributed by atoms with van der Waals surface area (Å²) in [4.78, 5) is 17.6. The van der Waals surface area contributed by atoms with Crippen LogP contribution in [0.15, 0.2) is 55.6 Å². The predicted molar refractivity (Wildman–Crippen MR) is 78.5 cm³/mol. The van der Waals surface area contributed by atoms with Crippen molar-refractivity contribution in [3.63, 3.8) is 0 Å². The van der Waals surface area contributed by atoms with Gasteiger partial charge in [-0.2, -0.15) is 0 Å². The standard InChI is InChI=1S/C15H12N6/c1-11-2-3-12-13(8-11)19-15(21-7-5-17-10-21)14(18-12)20-6-4-16-9-20/h2-10H,1H3. The summed E-state index contributed by atoms with van der Waals surface area (Å²) in [5.74, 6) is 1.45. The number of aryl methyl sites for hydroxylation is 1. The Kier molecular flexibility index (Phi) is 2.53. The van der Waals surface area contributed by atoms with Gasteiger partial charge in [-0.05, 0) is 24.6 Å². The summed E-state index contributed by atoms with van der Waals surface area (Å²) in [5, 5.41) is 0. The summed E-state index contributed by atoms with van der Waals surface area (Å²) in [7, 11) is 0. The molecule has 3 heterocycles. The van der Waals surface area contributed by atoms with Crippen LogP contribution in [0.2, 0.25) is 0 Å². The number of hydrogen-bond donors (Lipinski definition) is 0. The maximum absolute atomic E-state index is 4.75. The van der Waals surface area contributed by atoms with Crippen LogP contribution in [0, 0.1) is 6.92 Å². The molecular weight excluding hydrogens is 264 g/mol. The Morgan fingerprint density at radius 3 is 2.00 bits per heavy atom. The third kappa shape index (κ3) is 1.97. The normalized spacial score (nSPS) is 11.1. The fraction of sp³-hybridized carbons (Fsp3) is 0.0667. The molecular formula is C15H12N6. The van der Waals surface area contributed by atoms with Gasteiger partial charge in [0.15, 0.2) is 11.6 Å². The Morgan fingerprint density at radius 1 is 0.810 bits per heavy atom. The molecule has 21 heavy (non-hydrogen) atoms. The fourth-order valence-electron chi connectivity index (χ4n) is 2.26. The smallest absolute Gasteiger partial charge is 0.182 e. The zero-order valence-corrected chi connectivity index (χ0v) is 11.4. The molecule has 0 unspecified atom stereocenters. The van der Waals surface area contributed by atoms with Crippen LogP contribution >= 0.6 is 0 Å². The highest BCUT2D eigenvalue weighted by molar-refractivity contribution is 5.77. The van der Waals surface area contributed by atoms with Crippen molar-refractivity contribution in [1.82, 2.24) is 29.1 Å². The number of imidazole rings is 2. The summed E-state index contributed by atoms with van der Waals surface area (Å²) in [6.07, 6.45) is 10.6. The second-order valence-electron chi connectivity index (χ2n) is 4.80. The minimum absolute atomic E-state index is 0.724. The Hall–Kier alpha value is -3.02. The lowest BCUT2D eigenvalue weighted by molar-refractivity contribution is 0.915. The van der Waals surface area contributed by atoms with Crippen LogP contribution in [-0.2, 0) is 0 Å². The number of hydrogen-bond acceptors (Lipinski definition) is 4. The molecule has 0 spiro atoms. The van der Waals surface area contributed by atoms with E-state index in [1.165, 1.54) is 0 Å². The first kappa shape index (κ1) is 11.8. The molecule has 0 aliphatic heterocycles. The Bertz CT molecular complexity index is 893. The first-order chi connectivity index (χ1) is 10.3. The molecule has 0 N–H and O–H groups in total. The van der Waals surface area contributed by atoms with Crippen LogP contribution in [-0.4, -0.2) is 29.1 Å². The van der Waals surface area contributed by atoms with E-state index in [0.29, 0.717) is 0 Å². The van der Waals surface area contributed by atoms with E-state index in [2.05, 4.69) is 9.97 Å². The number of aromatic nitrogens is 6. The first-order valence-corrected chi connectivity index (χ1v) is 6.56. The van der Waals surface area contributed by atoms with Gasteiger partial charge in [0.05, 0.1) is 11.0 Å². The summed E-state index contributed by atoms with van der Waals surface area (Å²) in [6, 6.07) is 6.04. The van der Waals surface area contributed by atoms with Crippen LogP contribution < -0.4 is 0 Å². The van der Waals surface area contributed by atoms with E-state index in [4.69, 9.17) is 9.97 Å². The average Bonchev–Trinajstić information content (AvgIpc) is 3.19. The summed E-state index contributed by atoms with van der Waals surface area (Å²) in [6.45, 7) is 2.04. The maximum atomic E-state index is 4.75. The largest absolute Gasteiger partial charge is 0.287 e. The van der Waals surface area contributed by atoms with Gasteiger partial charge in [-0.1, -0.05) is 6.07 Å². The minimum atomic E-state index is 0.724. The fourth-order valence-corrected chi connectivity index (χ4v) is 2.26. The third-order valence-corrected chi connectivity index (χ3v) is 3.28. The molecule has 4 rings (SSSR count). The van der Waals surface area contributed by atoms with Crippen molar-refractivity contribution < 1.29 is 0 Å². The van der Waals surface area contributed by atoms with E-state index in [0.717, 1.165) is 28.2 Å². The van der Waals surface area contributed by atoms with Gasteiger partial charge < -0.3 is 0 Å². The van der Waals surface area contributed by atoms with Crippen molar-refractivity contribution in [1.29, 1.82) is 0 Å². The molecule has 1 aromatic carbocycles. The zero-order chi connectivity index (χ0) is 14.2. The van der Waals surface area contributed by atoms with Gasteiger partial charge in [0.2, 0.25) is 0 Å². The van der Waals surface area contributed by atoms with Crippen LogP contribution in [0.5, 0.6) is 0 Å². The molecule has 0 saturated heterocycles. The van der Waals surface area contributed by atoms with Crippen molar-refractivity contribution in [2.45, 2.75) is 6.92 Å². The number of rotatable bonds is 2. The minimum Gasteiger partial charge on any atom is -0.287 e. The molecule has 0 atom stereocenters. The highest BCUT2D eigenvalue weighted by Crippen LogP contribution is 2.20. The van der Waals surface area contributed by atoms with Crippen LogP contribution in [0.4, 0.5) is 0 Å². The highest BCUT2D eigenvalue weighted by Gasteiger charge is 2.12. The Morgan fingerprint density at radius 2 is 1.43 bits per heavy atom. The molecule has 0 aliphatic carbocycles. The van der Waals surface area contributed by atoms with Gasteiger partial charge in [-0.25, -0.2) is 19.9 Å². The van der Waals surface area contributed by atoms with Gasteiger partial charge in [0.25, 0.3) is 0 Å². The molecule has 0 fully saturated rings. The molecule has 0 amide bonds. The number of nitrogens with zero attached hydrogens (tertiary/aromatic N) is 6. The molecule has 0 saturated carbocycles. The summed E-state index contributed by atoms with van der Waals surface area (Å²) < 4.78 is 3.70. The van der Waals surface area contributed by atoms with Crippen LogP contribution in [0.3, 0.4) is 0 Å². The van der Waals surface area contributed by atoms with E-state index >= 15 is 0 Å². The molecule has 0 radical (unpaired) electrons. The number of benzene rings is 1. The predicted octanol–water partition coefficient (Wildman–Crippen LogP) is 2.31. The second-order valence-corrected chi connectivity index (χ2v) is 4.80. The van der Waals surface area contributed by atoms with E-state index in [1.54, 1.807) is 25.0 Å². The summed E-state index contributed by atoms with van der Waals surface area (Å²) >= 11 is 0. The van der Waals surface area contributed by atoms with E-state index in [9.17, 15) is 0 Å². The van der Waals surface area contributed by atoms with Crippen molar-refractivity contribution in [2.75, 3.05) is 0 Å². The Balaban J connectivity index is 2.05.